The lowest BCUT2D eigenvalue weighted by Gasteiger charge is -2.09. The van der Waals surface area contributed by atoms with E-state index in [-0.39, 0.29) is 0 Å². The number of aromatic nitrogens is 1. The van der Waals surface area contributed by atoms with Gasteiger partial charge in [0.05, 0.1) is 5.52 Å². The van der Waals surface area contributed by atoms with Gasteiger partial charge in [0.1, 0.15) is 12.4 Å². The Morgan fingerprint density at radius 3 is 2.62 bits per heavy atom. The van der Waals surface area contributed by atoms with E-state index in [0.717, 1.165) is 28.8 Å². The van der Waals surface area contributed by atoms with Gasteiger partial charge in [-0.05, 0) is 30.8 Å². The van der Waals surface area contributed by atoms with E-state index in [0.29, 0.717) is 6.61 Å². The molecule has 0 atom stereocenters. The Labute approximate surface area is 124 Å². The average molecular weight is 278 g/mol. The van der Waals surface area contributed by atoms with Crippen LogP contribution in [0.15, 0.2) is 60.8 Å². The molecule has 0 unspecified atom stereocenters. The van der Waals surface area contributed by atoms with Crippen molar-refractivity contribution in [1.82, 2.24) is 10.3 Å². The Morgan fingerprint density at radius 2 is 1.81 bits per heavy atom. The number of rotatable bonds is 5. The predicted octanol–water partition coefficient (Wildman–Crippen LogP) is 3.53. The van der Waals surface area contributed by atoms with Crippen LogP contribution in [0.2, 0.25) is 0 Å². The van der Waals surface area contributed by atoms with Gasteiger partial charge in [0.2, 0.25) is 0 Å². The summed E-state index contributed by atoms with van der Waals surface area (Å²) in [5.74, 6) is 0.878. The third-order valence-corrected chi connectivity index (χ3v) is 3.41. The quantitative estimate of drug-likeness (QED) is 0.775. The van der Waals surface area contributed by atoms with Gasteiger partial charge in [-0.3, -0.25) is 4.98 Å². The molecule has 0 radical (unpaired) electrons. The van der Waals surface area contributed by atoms with Crippen molar-refractivity contribution in [3.63, 3.8) is 0 Å². The highest BCUT2D eigenvalue weighted by Crippen LogP contribution is 2.19. The van der Waals surface area contributed by atoms with E-state index in [1.54, 1.807) is 0 Å². The molecule has 0 aliphatic rings. The maximum absolute atomic E-state index is 5.87. The number of fused-ring (bicyclic) bond motifs is 1. The Bertz CT molecular complexity index is 717. The van der Waals surface area contributed by atoms with Gasteiger partial charge in [0, 0.05) is 23.7 Å². The van der Waals surface area contributed by atoms with Crippen LogP contribution < -0.4 is 10.1 Å². The zero-order valence-electron chi connectivity index (χ0n) is 12.0. The van der Waals surface area contributed by atoms with Crippen molar-refractivity contribution in [1.29, 1.82) is 0 Å². The Hall–Kier alpha value is -2.39. The van der Waals surface area contributed by atoms with Crippen LogP contribution >= 0.6 is 0 Å². The topological polar surface area (TPSA) is 34.1 Å². The number of hydrogen-bond acceptors (Lipinski definition) is 3. The van der Waals surface area contributed by atoms with E-state index in [1.165, 1.54) is 5.56 Å². The number of pyridine rings is 1. The fourth-order valence-electron chi connectivity index (χ4n) is 2.35. The molecule has 1 heterocycles. The second-order valence-electron chi connectivity index (χ2n) is 4.96. The van der Waals surface area contributed by atoms with Crippen LogP contribution in [0.25, 0.3) is 10.9 Å². The number of benzene rings is 2. The van der Waals surface area contributed by atoms with Crippen molar-refractivity contribution in [2.24, 2.45) is 0 Å². The normalized spacial score (nSPS) is 10.7. The highest BCUT2D eigenvalue weighted by Gasteiger charge is 2.03. The lowest BCUT2D eigenvalue weighted by molar-refractivity contribution is 0.307. The van der Waals surface area contributed by atoms with E-state index < -0.39 is 0 Å². The SMILES string of the molecule is CNCc1ccc(OCc2cccc3cccnc23)cc1. The van der Waals surface area contributed by atoms with Crippen molar-refractivity contribution >= 4 is 10.9 Å². The minimum absolute atomic E-state index is 0.528. The Balaban J connectivity index is 1.74. The summed E-state index contributed by atoms with van der Waals surface area (Å²) >= 11 is 0. The van der Waals surface area contributed by atoms with Crippen molar-refractivity contribution in [2.45, 2.75) is 13.2 Å². The molecule has 106 valence electrons. The van der Waals surface area contributed by atoms with Crippen LogP contribution in [-0.2, 0) is 13.2 Å². The summed E-state index contributed by atoms with van der Waals surface area (Å²) in [6.07, 6.45) is 1.82. The molecule has 3 heteroatoms. The number of nitrogens with one attached hydrogen (secondary N) is 1. The molecule has 3 aromatic rings. The third kappa shape index (κ3) is 3.20. The lowest BCUT2D eigenvalue weighted by Crippen LogP contribution is -2.04. The third-order valence-electron chi connectivity index (χ3n) is 3.41. The number of para-hydroxylation sites is 1. The summed E-state index contributed by atoms with van der Waals surface area (Å²) in [5.41, 5.74) is 3.36. The fraction of sp³-hybridized carbons (Fsp3) is 0.167. The first kappa shape index (κ1) is 13.6. The van der Waals surface area contributed by atoms with Crippen LogP contribution in [0.5, 0.6) is 5.75 Å². The molecule has 3 rings (SSSR count). The highest BCUT2D eigenvalue weighted by molar-refractivity contribution is 5.81. The van der Waals surface area contributed by atoms with Crippen molar-refractivity contribution in [2.75, 3.05) is 7.05 Å². The van der Waals surface area contributed by atoms with E-state index in [2.05, 4.69) is 40.6 Å². The van der Waals surface area contributed by atoms with Crippen molar-refractivity contribution in [3.8, 4) is 5.75 Å². The van der Waals surface area contributed by atoms with E-state index in [4.69, 9.17) is 4.74 Å². The summed E-state index contributed by atoms with van der Waals surface area (Å²) in [5, 5.41) is 4.27. The van der Waals surface area contributed by atoms with Crippen molar-refractivity contribution < 1.29 is 4.74 Å². The lowest BCUT2D eigenvalue weighted by atomic mass is 10.1. The van der Waals surface area contributed by atoms with E-state index in [1.807, 2.05) is 37.5 Å². The first-order chi connectivity index (χ1) is 10.4. The second-order valence-corrected chi connectivity index (χ2v) is 4.96. The van der Waals surface area contributed by atoms with Crippen molar-refractivity contribution in [3.05, 3.63) is 71.9 Å². The van der Waals surface area contributed by atoms with Gasteiger partial charge >= 0.3 is 0 Å². The van der Waals surface area contributed by atoms with Gasteiger partial charge in [-0.15, -0.1) is 0 Å². The van der Waals surface area contributed by atoms with Crippen LogP contribution in [0.4, 0.5) is 0 Å². The average Bonchev–Trinajstić information content (AvgIpc) is 2.54. The molecular formula is C18H18N2O. The summed E-state index contributed by atoms with van der Waals surface area (Å²) in [7, 11) is 1.94. The summed E-state index contributed by atoms with van der Waals surface area (Å²) in [6.45, 7) is 1.40. The Morgan fingerprint density at radius 1 is 1.00 bits per heavy atom. The van der Waals surface area contributed by atoms with Crippen LogP contribution in [0, 0.1) is 0 Å². The maximum Gasteiger partial charge on any atom is 0.119 e. The molecule has 1 N–H and O–H groups in total. The van der Waals surface area contributed by atoms with Gasteiger partial charge in [-0.25, -0.2) is 0 Å². The van der Waals surface area contributed by atoms with Crippen LogP contribution in [0.3, 0.4) is 0 Å². The zero-order chi connectivity index (χ0) is 14.5. The van der Waals surface area contributed by atoms with E-state index >= 15 is 0 Å². The molecule has 3 nitrogen and oxygen atoms in total. The molecule has 0 saturated heterocycles. The van der Waals surface area contributed by atoms with Crippen LogP contribution in [0.1, 0.15) is 11.1 Å². The molecule has 0 aliphatic carbocycles. The largest absolute Gasteiger partial charge is 0.489 e. The summed E-state index contributed by atoms with van der Waals surface area (Å²) in [4.78, 5) is 4.44. The summed E-state index contributed by atoms with van der Waals surface area (Å²) in [6, 6.07) is 18.4. The summed E-state index contributed by atoms with van der Waals surface area (Å²) < 4.78 is 5.87. The van der Waals surface area contributed by atoms with Crippen LogP contribution in [-0.4, -0.2) is 12.0 Å². The molecule has 0 amide bonds. The second kappa shape index (κ2) is 6.37. The van der Waals surface area contributed by atoms with Gasteiger partial charge < -0.3 is 10.1 Å². The monoisotopic (exact) mass is 278 g/mol. The van der Waals surface area contributed by atoms with Gasteiger partial charge in [0.25, 0.3) is 0 Å². The predicted molar refractivity (Wildman–Crippen MR) is 85.3 cm³/mol. The zero-order valence-corrected chi connectivity index (χ0v) is 12.0. The molecular weight excluding hydrogens is 260 g/mol. The molecule has 0 spiro atoms. The minimum atomic E-state index is 0.528. The molecule has 0 fully saturated rings. The highest BCUT2D eigenvalue weighted by atomic mass is 16.5. The molecule has 21 heavy (non-hydrogen) atoms. The maximum atomic E-state index is 5.87. The van der Waals surface area contributed by atoms with Gasteiger partial charge in [-0.2, -0.15) is 0 Å². The molecule has 1 aromatic heterocycles. The number of ether oxygens (including phenoxy) is 1. The fourth-order valence-corrected chi connectivity index (χ4v) is 2.35. The number of nitrogens with zero attached hydrogens (tertiary/aromatic N) is 1. The standard InChI is InChI=1S/C18H18N2O/c1-19-12-14-7-9-17(10-8-14)21-13-16-5-2-4-15-6-3-11-20-18(15)16/h2-11,19H,12-13H2,1H3. The molecule has 0 saturated carbocycles. The first-order valence-electron chi connectivity index (χ1n) is 7.06. The number of hydrogen-bond donors (Lipinski definition) is 1. The van der Waals surface area contributed by atoms with E-state index in [9.17, 15) is 0 Å². The molecule has 0 bridgehead atoms. The molecule has 2 aromatic carbocycles. The molecule has 0 aliphatic heterocycles. The van der Waals surface area contributed by atoms with Gasteiger partial charge in [-0.1, -0.05) is 36.4 Å². The Kier molecular flexibility index (Phi) is 4.12. The minimum Gasteiger partial charge on any atom is -0.489 e. The van der Waals surface area contributed by atoms with Gasteiger partial charge in [0.15, 0.2) is 0 Å². The smallest absolute Gasteiger partial charge is 0.119 e. The first-order valence-corrected chi connectivity index (χ1v) is 7.06.